The lowest BCUT2D eigenvalue weighted by Gasteiger charge is -2.47. The molecule has 3 aliphatic carbocycles. The summed E-state index contributed by atoms with van der Waals surface area (Å²) in [7, 11) is -4.04. The Hall–Kier alpha value is -5.15. The van der Waals surface area contributed by atoms with Crippen LogP contribution in [0.4, 0.5) is 5.82 Å². The molecule has 2 unspecified atom stereocenters. The summed E-state index contributed by atoms with van der Waals surface area (Å²) in [6.45, 7) is 1.88. The van der Waals surface area contributed by atoms with Crippen LogP contribution in [0.5, 0.6) is 0 Å². The lowest BCUT2D eigenvalue weighted by atomic mass is 9.61. The predicted octanol–water partition coefficient (Wildman–Crippen LogP) is 5.27. The number of rotatable bonds is 7. The molecule has 2 atom stereocenters. The number of nitriles is 1. The molecule has 12 heteroatoms. The van der Waals surface area contributed by atoms with E-state index in [0.29, 0.717) is 33.6 Å². The smallest absolute Gasteiger partial charge is 0.308 e. The van der Waals surface area contributed by atoms with Crippen LogP contribution in [-0.4, -0.2) is 49.4 Å². The molecule has 0 amide bonds. The van der Waals surface area contributed by atoms with Crippen LogP contribution in [0.25, 0.3) is 33.7 Å². The monoisotopic (exact) mass is 619 g/mol. The number of carboxylic acid groups (broad SMARTS) is 1. The van der Waals surface area contributed by atoms with Crippen LogP contribution in [0.15, 0.2) is 78.2 Å². The first-order valence-corrected chi connectivity index (χ1v) is 16.2. The van der Waals surface area contributed by atoms with Gasteiger partial charge in [-0.25, -0.2) is 32.3 Å². The molecule has 11 nitrogen and oxygen atoms in total. The van der Waals surface area contributed by atoms with Crippen molar-refractivity contribution in [3.05, 3.63) is 84.4 Å². The van der Waals surface area contributed by atoms with Gasteiger partial charge in [0.2, 0.25) is 0 Å². The number of carbonyl (C=O) groups is 1. The molecule has 3 saturated carbocycles. The van der Waals surface area contributed by atoms with E-state index in [0.717, 1.165) is 35.2 Å². The Morgan fingerprint density at radius 1 is 1.02 bits per heavy atom. The molecule has 3 aliphatic rings. The van der Waals surface area contributed by atoms with Crippen LogP contribution in [0.3, 0.4) is 0 Å². The third-order valence-electron chi connectivity index (χ3n) is 9.11. The van der Waals surface area contributed by atoms with Crippen LogP contribution in [-0.2, 0) is 14.8 Å². The van der Waals surface area contributed by atoms with Gasteiger partial charge in [-0.15, -0.1) is 0 Å². The number of carboxylic acids is 1. The summed E-state index contributed by atoms with van der Waals surface area (Å²) in [6, 6.07) is 17.1. The summed E-state index contributed by atoms with van der Waals surface area (Å²) in [6.07, 6.45) is 7.99. The number of hydrogen-bond acceptors (Lipinski definition) is 9. The summed E-state index contributed by atoms with van der Waals surface area (Å²) in [5.41, 5.74) is 3.25. The highest BCUT2D eigenvalue weighted by Gasteiger charge is 2.47. The molecule has 2 aromatic carbocycles. The lowest BCUT2D eigenvalue weighted by Crippen LogP contribution is -2.51. The molecular formula is C33H29N7O4S. The van der Waals surface area contributed by atoms with Crippen LogP contribution < -0.4 is 5.32 Å². The molecule has 3 fully saturated rings. The van der Waals surface area contributed by atoms with E-state index in [4.69, 9.17) is 9.97 Å². The first kappa shape index (κ1) is 28.6. The number of nitrogens with one attached hydrogen (secondary N) is 1. The number of aliphatic carboxylic acids is 1. The first-order chi connectivity index (χ1) is 21.7. The number of fused-ring (bicyclic) bond motifs is 4. The van der Waals surface area contributed by atoms with Crippen molar-refractivity contribution in [2.45, 2.75) is 43.5 Å². The predicted molar refractivity (Wildman–Crippen MR) is 166 cm³/mol. The highest BCUT2D eigenvalue weighted by atomic mass is 32.2. The summed E-state index contributed by atoms with van der Waals surface area (Å²) in [4.78, 5) is 30.6. The van der Waals surface area contributed by atoms with Gasteiger partial charge in [0, 0.05) is 41.0 Å². The summed E-state index contributed by atoms with van der Waals surface area (Å²) >= 11 is 0. The van der Waals surface area contributed by atoms with Gasteiger partial charge in [0.1, 0.15) is 12.1 Å². The minimum Gasteiger partial charge on any atom is -0.481 e. The van der Waals surface area contributed by atoms with Crippen molar-refractivity contribution in [2.75, 3.05) is 5.32 Å². The van der Waals surface area contributed by atoms with Gasteiger partial charge in [-0.05, 0) is 68.7 Å². The first-order valence-electron chi connectivity index (χ1n) is 14.8. The van der Waals surface area contributed by atoms with Crippen LogP contribution >= 0.6 is 0 Å². The number of anilines is 1. The van der Waals surface area contributed by atoms with Gasteiger partial charge in [-0.1, -0.05) is 29.8 Å². The van der Waals surface area contributed by atoms with E-state index in [1.54, 1.807) is 54.6 Å². The summed E-state index contributed by atoms with van der Waals surface area (Å²) in [5, 5.41) is 23.4. The Bertz CT molecular complexity index is 2080. The van der Waals surface area contributed by atoms with E-state index in [-0.39, 0.29) is 34.2 Å². The van der Waals surface area contributed by atoms with E-state index in [2.05, 4.69) is 21.4 Å². The Morgan fingerprint density at radius 2 is 1.73 bits per heavy atom. The highest BCUT2D eigenvalue weighted by molar-refractivity contribution is 7.90. The molecule has 2 bridgehead atoms. The highest BCUT2D eigenvalue weighted by Crippen LogP contribution is 2.46. The third-order valence-corrected chi connectivity index (χ3v) is 10.8. The van der Waals surface area contributed by atoms with E-state index in [9.17, 15) is 23.6 Å². The van der Waals surface area contributed by atoms with Crippen molar-refractivity contribution in [3.63, 3.8) is 0 Å². The molecule has 0 spiro atoms. The average Bonchev–Trinajstić information content (AvgIpc) is 3.46. The summed E-state index contributed by atoms with van der Waals surface area (Å²) < 4.78 is 28.8. The van der Waals surface area contributed by atoms with Gasteiger partial charge in [0.25, 0.3) is 10.0 Å². The molecule has 2 N–H and O–H groups in total. The van der Waals surface area contributed by atoms with Gasteiger partial charge in [0.15, 0.2) is 11.5 Å². The largest absolute Gasteiger partial charge is 0.481 e. The van der Waals surface area contributed by atoms with Crippen molar-refractivity contribution in [3.8, 4) is 28.7 Å². The van der Waals surface area contributed by atoms with Crippen molar-refractivity contribution in [1.29, 1.82) is 5.26 Å². The van der Waals surface area contributed by atoms with Crippen molar-refractivity contribution >= 4 is 32.8 Å². The van der Waals surface area contributed by atoms with E-state index in [1.165, 1.54) is 18.7 Å². The number of aryl methyl sites for hydroxylation is 1. The van der Waals surface area contributed by atoms with E-state index in [1.807, 2.05) is 6.92 Å². The van der Waals surface area contributed by atoms with Crippen LogP contribution in [0.1, 0.15) is 36.8 Å². The maximum absolute atomic E-state index is 13.8. The van der Waals surface area contributed by atoms with E-state index >= 15 is 0 Å². The topological polar surface area (TPSA) is 164 Å². The maximum Gasteiger partial charge on any atom is 0.308 e. The zero-order valence-corrected chi connectivity index (χ0v) is 25.1. The van der Waals surface area contributed by atoms with E-state index < -0.39 is 21.9 Å². The average molecular weight is 620 g/mol. The van der Waals surface area contributed by atoms with Gasteiger partial charge in [-0.3, -0.25) is 4.79 Å². The van der Waals surface area contributed by atoms with Gasteiger partial charge in [0.05, 0.1) is 28.1 Å². The fourth-order valence-electron chi connectivity index (χ4n) is 6.81. The standard InChI is InChI=1S/C33H29N7O4S/c1-19-2-12-24(13-3-19)45(43,44)40-17-26(25-16-35-18-36-32(25)40)31-37-27(21-6-4-20(15-34)5-7-21)14-28(39-31)38-30-23-10-8-22(9-11-23)29(30)33(41)42/h2-7,12-14,16-18,22-23,29-30H,8-11H2,1H3,(H,41,42)(H,37,38,39). The van der Waals surface area contributed by atoms with Crippen molar-refractivity contribution in [1.82, 2.24) is 23.9 Å². The Kier molecular flexibility index (Phi) is 7.05. The van der Waals surface area contributed by atoms with Gasteiger partial charge in [-0.2, -0.15) is 5.26 Å². The molecule has 0 saturated heterocycles. The molecular weight excluding hydrogens is 590 g/mol. The zero-order valence-electron chi connectivity index (χ0n) is 24.3. The number of hydrogen-bond donors (Lipinski definition) is 2. The molecule has 3 aromatic heterocycles. The normalized spacial score (nSPS) is 21.0. The minimum absolute atomic E-state index is 0.103. The Balaban J connectivity index is 1.38. The van der Waals surface area contributed by atoms with Crippen LogP contribution in [0, 0.1) is 36.0 Å². The molecule has 0 aliphatic heterocycles. The summed E-state index contributed by atoms with van der Waals surface area (Å²) in [5.74, 6) is -0.393. The molecule has 226 valence electrons. The number of aromatic nitrogens is 5. The molecule has 3 heterocycles. The molecule has 5 aromatic rings. The molecule has 0 radical (unpaired) electrons. The number of nitrogens with zero attached hydrogens (tertiary/aromatic N) is 6. The lowest BCUT2D eigenvalue weighted by molar-refractivity contribution is -0.148. The Labute approximate surface area is 259 Å². The zero-order chi connectivity index (χ0) is 31.3. The second kappa shape index (κ2) is 11.1. The quantitative estimate of drug-likeness (QED) is 0.245. The number of benzene rings is 2. The molecule has 8 rings (SSSR count). The fraction of sp³-hybridized carbons (Fsp3) is 0.273. The maximum atomic E-state index is 13.8. The third kappa shape index (κ3) is 5.09. The second-order valence-electron chi connectivity index (χ2n) is 11.8. The minimum atomic E-state index is -4.04. The van der Waals surface area contributed by atoms with Crippen molar-refractivity contribution < 1.29 is 18.3 Å². The Morgan fingerprint density at radius 3 is 2.42 bits per heavy atom. The fourth-order valence-corrected chi connectivity index (χ4v) is 8.13. The van der Waals surface area contributed by atoms with Gasteiger partial charge >= 0.3 is 5.97 Å². The second-order valence-corrected chi connectivity index (χ2v) is 13.6. The van der Waals surface area contributed by atoms with Gasteiger partial charge < -0.3 is 10.4 Å². The van der Waals surface area contributed by atoms with Crippen LogP contribution in [0.2, 0.25) is 0 Å². The molecule has 45 heavy (non-hydrogen) atoms. The van der Waals surface area contributed by atoms with Crippen molar-refractivity contribution in [2.24, 2.45) is 17.8 Å². The SMILES string of the molecule is Cc1ccc(S(=O)(=O)n2cc(-c3nc(NC4C5CCC(CC5)C4C(=O)O)cc(-c4ccc(C#N)cc4)n3)c3cncnc32)cc1.